The Bertz CT molecular complexity index is 435. The predicted molar refractivity (Wildman–Crippen MR) is 76.9 cm³/mol. The number of carbonyl (C=O) groups excluding carboxylic acids is 1. The zero-order chi connectivity index (χ0) is 13.2. The van der Waals surface area contributed by atoms with Crippen LogP contribution in [0.25, 0.3) is 0 Å². The highest BCUT2D eigenvalue weighted by Gasteiger charge is 2.30. The van der Waals surface area contributed by atoms with Gasteiger partial charge in [-0.15, -0.1) is 0 Å². The van der Waals surface area contributed by atoms with Crippen molar-refractivity contribution in [1.29, 1.82) is 0 Å². The van der Waals surface area contributed by atoms with Gasteiger partial charge in [-0.3, -0.25) is 4.79 Å². The van der Waals surface area contributed by atoms with Crippen LogP contribution in [0.4, 0.5) is 5.69 Å². The molecule has 1 atom stereocenters. The van der Waals surface area contributed by atoms with Gasteiger partial charge in [0.25, 0.3) is 5.91 Å². The van der Waals surface area contributed by atoms with Gasteiger partial charge in [-0.1, -0.05) is 0 Å². The molecule has 1 saturated heterocycles. The Labute approximate surface area is 112 Å². The fourth-order valence-corrected chi connectivity index (χ4v) is 3.56. The smallest absolute Gasteiger partial charge is 0.268 e. The van der Waals surface area contributed by atoms with E-state index in [-0.39, 0.29) is 10.7 Å². The molecule has 1 aliphatic rings. The summed E-state index contributed by atoms with van der Waals surface area (Å²) in [7, 11) is 0. The van der Waals surface area contributed by atoms with E-state index >= 15 is 0 Å². The van der Waals surface area contributed by atoms with Crippen molar-refractivity contribution in [2.45, 2.75) is 38.0 Å². The number of aryl methyl sites for hydroxylation is 1. The number of amides is 1. The number of hydrogen-bond donors (Lipinski definition) is 2. The summed E-state index contributed by atoms with van der Waals surface area (Å²) in [5.74, 6) is 1.17. The van der Waals surface area contributed by atoms with E-state index in [9.17, 15) is 4.79 Å². The van der Waals surface area contributed by atoms with Crippen LogP contribution in [0.1, 0.15) is 37.2 Å². The van der Waals surface area contributed by atoms with Gasteiger partial charge in [0.1, 0.15) is 5.69 Å². The minimum absolute atomic E-state index is 0.0257. The molecule has 0 aliphatic carbocycles. The van der Waals surface area contributed by atoms with Gasteiger partial charge in [-0.25, -0.2) is 0 Å². The average molecular weight is 267 g/mol. The normalized spacial score (nSPS) is 23.2. The molecule has 1 fully saturated rings. The van der Waals surface area contributed by atoms with Crippen LogP contribution in [0.15, 0.2) is 12.3 Å². The van der Waals surface area contributed by atoms with Gasteiger partial charge < -0.3 is 15.6 Å². The molecule has 1 aromatic heterocycles. The Hall–Kier alpha value is -1.10. The summed E-state index contributed by atoms with van der Waals surface area (Å²) >= 11 is 1.95. The van der Waals surface area contributed by atoms with E-state index in [1.54, 1.807) is 12.3 Å². The first-order valence-corrected chi connectivity index (χ1v) is 7.40. The zero-order valence-corrected chi connectivity index (χ0v) is 11.8. The Morgan fingerprint density at radius 1 is 1.67 bits per heavy atom. The fourth-order valence-electron chi connectivity index (χ4n) is 2.32. The van der Waals surface area contributed by atoms with Crippen molar-refractivity contribution in [3.63, 3.8) is 0 Å². The first-order chi connectivity index (χ1) is 8.54. The van der Waals surface area contributed by atoms with Crippen molar-refractivity contribution >= 4 is 23.4 Å². The number of nitrogens with zero attached hydrogens (tertiary/aromatic N) is 1. The highest BCUT2D eigenvalue weighted by Crippen LogP contribution is 2.36. The summed E-state index contributed by atoms with van der Waals surface area (Å²) in [4.78, 5) is 12.1. The van der Waals surface area contributed by atoms with Gasteiger partial charge in [0.2, 0.25) is 0 Å². The van der Waals surface area contributed by atoms with Crippen molar-refractivity contribution in [3.8, 4) is 0 Å². The van der Waals surface area contributed by atoms with E-state index in [0.29, 0.717) is 11.4 Å². The van der Waals surface area contributed by atoms with E-state index < -0.39 is 0 Å². The summed E-state index contributed by atoms with van der Waals surface area (Å²) in [6.07, 6.45) is 4.23. The number of nitrogens with one attached hydrogen (secondary N) is 1. The van der Waals surface area contributed by atoms with Gasteiger partial charge in [-0.2, -0.15) is 11.8 Å². The second-order valence-electron chi connectivity index (χ2n) is 5.03. The van der Waals surface area contributed by atoms with Crippen LogP contribution in [0.3, 0.4) is 0 Å². The van der Waals surface area contributed by atoms with Gasteiger partial charge in [-0.05, 0) is 38.5 Å². The summed E-state index contributed by atoms with van der Waals surface area (Å²) in [5, 5.41) is 3.03. The van der Waals surface area contributed by atoms with Crippen molar-refractivity contribution in [1.82, 2.24) is 9.88 Å². The third-order valence-corrected chi connectivity index (χ3v) is 4.95. The molecule has 18 heavy (non-hydrogen) atoms. The minimum atomic E-state index is -0.0257. The predicted octanol–water partition coefficient (Wildman–Crippen LogP) is 2.11. The van der Waals surface area contributed by atoms with Crippen LogP contribution < -0.4 is 11.1 Å². The number of nitrogens with two attached hydrogens (primary N) is 1. The summed E-state index contributed by atoms with van der Waals surface area (Å²) in [6, 6.07) is 1.74. The topological polar surface area (TPSA) is 60.0 Å². The van der Waals surface area contributed by atoms with E-state index in [4.69, 9.17) is 5.73 Å². The standard InChI is InChI=1S/C13H21N3OS/c1-3-16-8-10(14)7-11(16)12(17)15-9-13(2)5-4-6-18-13/h7-8H,3-6,9,14H2,1-2H3,(H,15,17). The second-order valence-corrected chi connectivity index (χ2v) is 6.71. The van der Waals surface area contributed by atoms with E-state index in [1.165, 1.54) is 18.6 Å². The lowest BCUT2D eigenvalue weighted by molar-refractivity contribution is 0.0941. The zero-order valence-electron chi connectivity index (χ0n) is 11.0. The molecule has 1 aliphatic heterocycles. The average Bonchev–Trinajstić information content (AvgIpc) is 2.93. The number of anilines is 1. The molecule has 1 aromatic rings. The van der Waals surface area contributed by atoms with Gasteiger partial charge in [0, 0.05) is 24.0 Å². The van der Waals surface area contributed by atoms with E-state index in [1.807, 2.05) is 23.3 Å². The monoisotopic (exact) mass is 267 g/mol. The fraction of sp³-hybridized carbons (Fsp3) is 0.615. The Morgan fingerprint density at radius 2 is 2.44 bits per heavy atom. The molecular weight excluding hydrogens is 246 g/mol. The maximum absolute atomic E-state index is 12.1. The second kappa shape index (κ2) is 5.26. The Balaban J connectivity index is 1.99. The molecule has 0 radical (unpaired) electrons. The van der Waals surface area contributed by atoms with E-state index in [0.717, 1.165) is 13.1 Å². The number of thioether (sulfide) groups is 1. The molecule has 2 heterocycles. The third-order valence-electron chi connectivity index (χ3n) is 3.41. The number of aromatic nitrogens is 1. The minimum Gasteiger partial charge on any atom is -0.397 e. The third kappa shape index (κ3) is 2.83. The van der Waals surface area contributed by atoms with Crippen molar-refractivity contribution < 1.29 is 4.79 Å². The number of carbonyl (C=O) groups is 1. The van der Waals surface area contributed by atoms with Crippen LogP contribution in [0, 0.1) is 0 Å². The quantitative estimate of drug-likeness (QED) is 0.878. The number of hydrogen-bond acceptors (Lipinski definition) is 3. The number of nitrogen functional groups attached to an aromatic ring is 1. The molecule has 1 amide bonds. The molecule has 0 aromatic carbocycles. The molecule has 0 spiro atoms. The summed E-state index contributed by atoms with van der Waals surface area (Å²) < 4.78 is 2.08. The Kier molecular flexibility index (Phi) is 3.90. The highest BCUT2D eigenvalue weighted by atomic mass is 32.2. The molecule has 3 N–H and O–H groups in total. The van der Waals surface area contributed by atoms with Crippen LogP contribution in [-0.2, 0) is 6.54 Å². The maximum Gasteiger partial charge on any atom is 0.268 e. The van der Waals surface area contributed by atoms with Gasteiger partial charge in [0.05, 0.1) is 5.69 Å². The number of rotatable bonds is 4. The van der Waals surface area contributed by atoms with Crippen molar-refractivity contribution in [2.24, 2.45) is 0 Å². The lowest BCUT2D eigenvalue weighted by Crippen LogP contribution is -2.37. The largest absolute Gasteiger partial charge is 0.397 e. The van der Waals surface area contributed by atoms with Gasteiger partial charge >= 0.3 is 0 Å². The molecule has 100 valence electrons. The molecular formula is C13H21N3OS. The lowest BCUT2D eigenvalue weighted by atomic mass is 10.1. The first-order valence-electron chi connectivity index (χ1n) is 6.42. The summed E-state index contributed by atoms with van der Waals surface area (Å²) in [6.45, 7) is 5.71. The molecule has 5 heteroatoms. The lowest BCUT2D eigenvalue weighted by Gasteiger charge is -2.22. The molecule has 2 rings (SSSR count). The maximum atomic E-state index is 12.1. The SMILES string of the molecule is CCn1cc(N)cc1C(=O)NCC1(C)CCCS1. The Morgan fingerprint density at radius 3 is 3.06 bits per heavy atom. The first kappa shape index (κ1) is 13.3. The van der Waals surface area contributed by atoms with Crippen LogP contribution >= 0.6 is 11.8 Å². The summed E-state index contributed by atoms with van der Waals surface area (Å²) in [5.41, 5.74) is 7.03. The molecule has 4 nitrogen and oxygen atoms in total. The van der Waals surface area contributed by atoms with E-state index in [2.05, 4.69) is 12.2 Å². The molecule has 0 saturated carbocycles. The van der Waals surface area contributed by atoms with Crippen molar-refractivity contribution in [3.05, 3.63) is 18.0 Å². The van der Waals surface area contributed by atoms with Gasteiger partial charge in [0.15, 0.2) is 0 Å². The molecule has 1 unspecified atom stereocenters. The van der Waals surface area contributed by atoms with Crippen molar-refractivity contribution in [2.75, 3.05) is 18.0 Å². The van der Waals surface area contributed by atoms with Crippen LogP contribution in [0.5, 0.6) is 0 Å². The molecule has 0 bridgehead atoms. The van der Waals surface area contributed by atoms with Crippen LogP contribution in [0.2, 0.25) is 0 Å². The van der Waals surface area contributed by atoms with Crippen LogP contribution in [-0.4, -0.2) is 27.5 Å². The highest BCUT2D eigenvalue weighted by molar-refractivity contribution is 8.00.